The summed E-state index contributed by atoms with van der Waals surface area (Å²) in [5, 5.41) is 4.72. The molecule has 0 aliphatic carbocycles. The summed E-state index contributed by atoms with van der Waals surface area (Å²) in [5.74, 6) is -0.466. The van der Waals surface area contributed by atoms with Crippen molar-refractivity contribution in [2.75, 3.05) is 11.6 Å². The number of carbonyl (C=O) groups excluding carboxylic acids is 1. The monoisotopic (exact) mass is 397 g/mol. The van der Waals surface area contributed by atoms with Crippen LogP contribution in [0.15, 0.2) is 71.2 Å². The van der Waals surface area contributed by atoms with Crippen molar-refractivity contribution in [2.24, 2.45) is 0 Å². The minimum Gasteiger partial charge on any atom is -0.322 e. The van der Waals surface area contributed by atoms with Crippen LogP contribution in [-0.2, 0) is 9.84 Å². The fourth-order valence-electron chi connectivity index (χ4n) is 2.77. The SMILES string of the molecule is CS(=O)(=O)c1ccccc1C(=O)Nc1ccc(-c2cn3ccsc3n2)cc1. The van der Waals surface area contributed by atoms with Crippen LogP contribution in [0.1, 0.15) is 10.4 Å². The molecule has 1 amide bonds. The zero-order chi connectivity index (χ0) is 19.0. The quantitative estimate of drug-likeness (QED) is 0.569. The first-order valence-corrected chi connectivity index (χ1v) is 10.8. The topological polar surface area (TPSA) is 80.5 Å². The van der Waals surface area contributed by atoms with Gasteiger partial charge in [0.05, 0.1) is 16.2 Å². The molecule has 4 rings (SSSR count). The molecule has 2 aromatic heterocycles. The summed E-state index contributed by atoms with van der Waals surface area (Å²) in [6, 6.07) is 13.4. The average Bonchev–Trinajstić information content (AvgIpc) is 3.23. The largest absolute Gasteiger partial charge is 0.322 e. The van der Waals surface area contributed by atoms with E-state index in [1.807, 2.05) is 34.3 Å². The number of amides is 1. The Morgan fingerprint density at radius 1 is 1.11 bits per heavy atom. The van der Waals surface area contributed by atoms with E-state index in [9.17, 15) is 13.2 Å². The first kappa shape index (κ1) is 17.4. The van der Waals surface area contributed by atoms with Gasteiger partial charge in [-0.1, -0.05) is 24.3 Å². The Kier molecular flexibility index (Phi) is 4.29. The number of hydrogen-bond donors (Lipinski definition) is 1. The highest BCUT2D eigenvalue weighted by molar-refractivity contribution is 7.90. The number of aromatic nitrogens is 2. The van der Waals surface area contributed by atoms with Crippen molar-refractivity contribution < 1.29 is 13.2 Å². The smallest absolute Gasteiger partial charge is 0.256 e. The fraction of sp³-hybridized carbons (Fsp3) is 0.0526. The highest BCUT2D eigenvalue weighted by Gasteiger charge is 2.18. The van der Waals surface area contributed by atoms with Crippen molar-refractivity contribution >= 4 is 37.7 Å². The van der Waals surface area contributed by atoms with Crippen molar-refractivity contribution in [3.8, 4) is 11.3 Å². The number of carbonyl (C=O) groups is 1. The molecular weight excluding hydrogens is 382 g/mol. The highest BCUT2D eigenvalue weighted by atomic mass is 32.2. The van der Waals surface area contributed by atoms with Gasteiger partial charge in [0.15, 0.2) is 14.8 Å². The van der Waals surface area contributed by atoms with E-state index in [4.69, 9.17) is 0 Å². The molecule has 1 N–H and O–H groups in total. The number of nitrogens with one attached hydrogen (secondary N) is 1. The van der Waals surface area contributed by atoms with Crippen molar-refractivity contribution in [3.63, 3.8) is 0 Å². The average molecular weight is 397 g/mol. The van der Waals surface area contributed by atoms with Gasteiger partial charge in [0.1, 0.15) is 0 Å². The molecule has 0 fully saturated rings. The molecule has 0 unspecified atom stereocenters. The molecule has 2 aromatic carbocycles. The standard InChI is InChI=1S/C19H15N3O3S2/c1-27(24,25)17-5-3-2-4-15(17)18(23)20-14-8-6-13(7-9-14)16-12-22-10-11-26-19(22)21-16/h2-12H,1H3,(H,20,23). The van der Waals surface area contributed by atoms with Crippen molar-refractivity contribution in [3.05, 3.63) is 71.9 Å². The molecule has 0 bridgehead atoms. The minimum absolute atomic E-state index is 0.0113. The van der Waals surface area contributed by atoms with Crippen LogP contribution < -0.4 is 5.32 Å². The third kappa shape index (κ3) is 3.49. The maximum Gasteiger partial charge on any atom is 0.256 e. The number of benzene rings is 2. The Hall–Kier alpha value is -2.97. The molecule has 0 aliphatic heterocycles. The Balaban J connectivity index is 1.57. The van der Waals surface area contributed by atoms with Crippen LogP contribution >= 0.6 is 11.3 Å². The molecule has 0 aliphatic rings. The van der Waals surface area contributed by atoms with Crippen LogP contribution in [-0.4, -0.2) is 30.0 Å². The third-order valence-electron chi connectivity index (χ3n) is 4.06. The van der Waals surface area contributed by atoms with Crippen molar-refractivity contribution in [1.29, 1.82) is 0 Å². The van der Waals surface area contributed by atoms with Gasteiger partial charge in [-0.3, -0.25) is 9.20 Å². The second-order valence-corrected chi connectivity index (χ2v) is 8.88. The second-order valence-electron chi connectivity index (χ2n) is 6.02. The van der Waals surface area contributed by atoms with Gasteiger partial charge < -0.3 is 5.32 Å². The molecule has 0 atom stereocenters. The van der Waals surface area contributed by atoms with Gasteiger partial charge in [-0.2, -0.15) is 0 Å². The lowest BCUT2D eigenvalue weighted by atomic mass is 10.1. The number of imidazole rings is 1. The Morgan fingerprint density at radius 3 is 2.56 bits per heavy atom. The normalized spacial score (nSPS) is 11.6. The predicted octanol–water partition coefficient (Wildman–Crippen LogP) is 3.72. The molecule has 4 aromatic rings. The molecule has 0 saturated heterocycles. The molecule has 8 heteroatoms. The number of sulfone groups is 1. The molecule has 27 heavy (non-hydrogen) atoms. The maximum absolute atomic E-state index is 12.5. The zero-order valence-electron chi connectivity index (χ0n) is 14.3. The molecule has 0 radical (unpaired) electrons. The summed E-state index contributed by atoms with van der Waals surface area (Å²) in [6.07, 6.45) is 4.98. The highest BCUT2D eigenvalue weighted by Crippen LogP contribution is 2.24. The van der Waals surface area contributed by atoms with E-state index in [0.29, 0.717) is 5.69 Å². The van der Waals surface area contributed by atoms with Crippen molar-refractivity contribution in [1.82, 2.24) is 9.38 Å². The van der Waals surface area contributed by atoms with Crippen LogP contribution in [0.3, 0.4) is 0 Å². The van der Waals surface area contributed by atoms with Gasteiger partial charge in [-0.15, -0.1) is 11.3 Å². The molecule has 136 valence electrons. The molecule has 0 spiro atoms. The van der Waals surface area contributed by atoms with Gasteiger partial charge in [-0.05, 0) is 24.3 Å². The maximum atomic E-state index is 12.5. The van der Waals surface area contributed by atoms with E-state index < -0.39 is 15.7 Å². The van der Waals surface area contributed by atoms with Gasteiger partial charge >= 0.3 is 0 Å². The second kappa shape index (κ2) is 6.64. The van der Waals surface area contributed by atoms with E-state index in [-0.39, 0.29) is 10.5 Å². The number of thiazole rings is 1. The summed E-state index contributed by atoms with van der Waals surface area (Å²) in [6.45, 7) is 0. The Labute approximate surface area is 160 Å². The summed E-state index contributed by atoms with van der Waals surface area (Å²) < 4.78 is 25.7. The summed E-state index contributed by atoms with van der Waals surface area (Å²) >= 11 is 1.56. The van der Waals surface area contributed by atoms with E-state index in [1.165, 1.54) is 12.1 Å². The van der Waals surface area contributed by atoms with Crippen LogP contribution in [0.2, 0.25) is 0 Å². The van der Waals surface area contributed by atoms with Gasteiger partial charge in [0.2, 0.25) is 0 Å². The number of fused-ring (bicyclic) bond motifs is 1. The van der Waals surface area contributed by atoms with Crippen LogP contribution in [0.5, 0.6) is 0 Å². The lowest BCUT2D eigenvalue weighted by Crippen LogP contribution is -2.15. The Morgan fingerprint density at radius 2 is 1.85 bits per heavy atom. The lowest BCUT2D eigenvalue weighted by molar-refractivity contribution is 0.102. The van der Waals surface area contributed by atoms with Crippen LogP contribution in [0, 0.1) is 0 Å². The summed E-state index contributed by atoms with van der Waals surface area (Å²) in [5.41, 5.74) is 2.48. The number of nitrogens with zero attached hydrogens (tertiary/aromatic N) is 2. The molecule has 2 heterocycles. The molecular formula is C19H15N3O3S2. The minimum atomic E-state index is -3.49. The molecule has 0 saturated carbocycles. The van der Waals surface area contributed by atoms with E-state index in [2.05, 4.69) is 10.3 Å². The number of anilines is 1. The van der Waals surface area contributed by atoms with Gasteiger partial charge in [-0.25, -0.2) is 13.4 Å². The first-order chi connectivity index (χ1) is 12.9. The third-order valence-corrected chi connectivity index (χ3v) is 5.99. The van der Waals surface area contributed by atoms with Gasteiger partial charge in [0.25, 0.3) is 5.91 Å². The first-order valence-electron chi connectivity index (χ1n) is 8.05. The van der Waals surface area contributed by atoms with Crippen LogP contribution in [0.4, 0.5) is 5.69 Å². The van der Waals surface area contributed by atoms with Gasteiger partial charge in [0, 0.05) is 35.3 Å². The fourth-order valence-corrected chi connectivity index (χ4v) is 4.35. The van der Waals surface area contributed by atoms with E-state index in [1.54, 1.807) is 35.6 Å². The van der Waals surface area contributed by atoms with E-state index >= 15 is 0 Å². The van der Waals surface area contributed by atoms with Crippen molar-refractivity contribution in [2.45, 2.75) is 4.90 Å². The number of hydrogen-bond acceptors (Lipinski definition) is 5. The summed E-state index contributed by atoms with van der Waals surface area (Å²) in [4.78, 5) is 18.0. The Bertz CT molecular complexity index is 1210. The lowest BCUT2D eigenvalue weighted by Gasteiger charge is -2.09. The predicted molar refractivity (Wildman–Crippen MR) is 106 cm³/mol. The molecule has 6 nitrogen and oxygen atoms in total. The number of rotatable bonds is 4. The van der Waals surface area contributed by atoms with E-state index in [0.717, 1.165) is 22.5 Å². The summed E-state index contributed by atoms with van der Waals surface area (Å²) in [7, 11) is -3.49. The zero-order valence-corrected chi connectivity index (χ0v) is 15.9. The van der Waals surface area contributed by atoms with Crippen LogP contribution in [0.25, 0.3) is 16.2 Å².